The van der Waals surface area contributed by atoms with E-state index in [2.05, 4.69) is 49.6 Å². The number of fused-ring (bicyclic) bond motifs is 2. The fraction of sp³-hybridized carbons (Fsp3) is 0.370. The molecule has 0 aliphatic heterocycles. The molecule has 0 amide bonds. The molecule has 1 aliphatic carbocycles. The Hall–Kier alpha value is -3.21. The second kappa shape index (κ2) is 8.38. The van der Waals surface area contributed by atoms with Gasteiger partial charge in [0.2, 0.25) is 0 Å². The van der Waals surface area contributed by atoms with E-state index in [1.807, 2.05) is 30.5 Å². The molecular formula is C27H30N4O. The van der Waals surface area contributed by atoms with Crippen LogP contribution in [0.1, 0.15) is 75.0 Å². The van der Waals surface area contributed by atoms with Gasteiger partial charge in [0.05, 0.1) is 17.1 Å². The number of hydrogen-bond acceptors (Lipinski definition) is 3. The summed E-state index contributed by atoms with van der Waals surface area (Å²) in [6.07, 6.45) is 7.60. The zero-order chi connectivity index (χ0) is 22.2. The van der Waals surface area contributed by atoms with Crippen molar-refractivity contribution in [1.29, 1.82) is 0 Å². The Bertz CT molecular complexity index is 1370. The summed E-state index contributed by atoms with van der Waals surface area (Å²) in [6, 6.07) is 16.3. The maximum Gasteiger partial charge on any atom is 0.282 e. The highest BCUT2D eigenvalue weighted by Gasteiger charge is 2.22. The maximum absolute atomic E-state index is 13.5. The van der Waals surface area contributed by atoms with Crippen molar-refractivity contribution in [1.82, 2.24) is 14.2 Å². The minimum Gasteiger partial charge on any atom is -0.342 e. The van der Waals surface area contributed by atoms with Crippen LogP contribution < -0.4 is 5.56 Å². The summed E-state index contributed by atoms with van der Waals surface area (Å²) in [4.78, 5) is 18.4. The molecule has 2 aromatic heterocycles. The fourth-order valence-corrected chi connectivity index (χ4v) is 5.24. The van der Waals surface area contributed by atoms with Gasteiger partial charge in [0.25, 0.3) is 5.56 Å². The Balaban J connectivity index is 1.70. The second-order valence-electron chi connectivity index (χ2n) is 9.16. The van der Waals surface area contributed by atoms with E-state index < -0.39 is 0 Å². The molecule has 5 nitrogen and oxygen atoms in total. The van der Waals surface area contributed by atoms with Crippen molar-refractivity contribution < 1.29 is 0 Å². The van der Waals surface area contributed by atoms with Crippen molar-refractivity contribution in [2.24, 2.45) is 5.10 Å². The lowest BCUT2D eigenvalue weighted by Gasteiger charge is -2.22. The van der Waals surface area contributed by atoms with Crippen molar-refractivity contribution in [2.45, 2.75) is 64.8 Å². The van der Waals surface area contributed by atoms with Crippen molar-refractivity contribution in [3.05, 3.63) is 76.0 Å². The Kier molecular flexibility index (Phi) is 5.41. The van der Waals surface area contributed by atoms with E-state index in [1.165, 1.54) is 24.8 Å². The van der Waals surface area contributed by atoms with Crippen molar-refractivity contribution in [3.8, 4) is 0 Å². The van der Waals surface area contributed by atoms with Crippen molar-refractivity contribution >= 4 is 28.0 Å². The average molecular weight is 427 g/mol. The molecule has 5 heteroatoms. The van der Waals surface area contributed by atoms with Gasteiger partial charge in [-0.15, -0.1) is 0 Å². The Morgan fingerprint density at radius 3 is 2.44 bits per heavy atom. The number of aromatic nitrogens is 3. The highest BCUT2D eigenvalue weighted by molar-refractivity contribution is 6.01. The summed E-state index contributed by atoms with van der Waals surface area (Å²) >= 11 is 0. The highest BCUT2D eigenvalue weighted by Crippen LogP contribution is 2.32. The van der Waals surface area contributed by atoms with Crippen LogP contribution in [0.25, 0.3) is 21.8 Å². The summed E-state index contributed by atoms with van der Waals surface area (Å²) < 4.78 is 3.90. The van der Waals surface area contributed by atoms with Gasteiger partial charge in [0, 0.05) is 34.1 Å². The zero-order valence-corrected chi connectivity index (χ0v) is 19.1. The number of nitrogens with zero attached hydrogens (tertiary/aromatic N) is 4. The Morgan fingerprint density at radius 1 is 1.00 bits per heavy atom. The third-order valence-electron chi connectivity index (χ3n) is 6.77. The van der Waals surface area contributed by atoms with Crippen molar-refractivity contribution in [3.63, 3.8) is 0 Å². The van der Waals surface area contributed by atoms with Gasteiger partial charge in [0.1, 0.15) is 5.82 Å². The largest absolute Gasteiger partial charge is 0.342 e. The number of rotatable bonds is 4. The standard InChI is InChI=1S/C27H30N4O/c1-18(2)30-19(3)23(21-13-8-10-16-25(21)30)17-28-31-26(20-11-5-4-6-12-20)29-24-15-9-7-14-22(24)27(31)32/h7-10,13-18,20H,4-6,11-12H2,1-3H3. The first-order valence-electron chi connectivity index (χ1n) is 11.7. The quantitative estimate of drug-likeness (QED) is 0.366. The molecule has 32 heavy (non-hydrogen) atoms. The van der Waals surface area contributed by atoms with Gasteiger partial charge in [-0.2, -0.15) is 9.78 Å². The van der Waals surface area contributed by atoms with Gasteiger partial charge >= 0.3 is 0 Å². The number of hydrogen-bond donors (Lipinski definition) is 0. The first-order chi connectivity index (χ1) is 15.6. The molecule has 0 saturated heterocycles. The number of para-hydroxylation sites is 2. The van der Waals surface area contributed by atoms with Crippen LogP contribution in [0.3, 0.4) is 0 Å². The molecule has 0 atom stereocenters. The molecule has 2 heterocycles. The van der Waals surface area contributed by atoms with Crippen molar-refractivity contribution in [2.75, 3.05) is 0 Å². The van der Waals surface area contributed by atoms with E-state index in [0.717, 1.165) is 40.8 Å². The first kappa shape index (κ1) is 20.7. The van der Waals surface area contributed by atoms with Gasteiger partial charge in [-0.25, -0.2) is 4.98 Å². The molecule has 164 valence electrons. The van der Waals surface area contributed by atoms with Crippen LogP contribution in [0.2, 0.25) is 0 Å². The molecule has 5 rings (SSSR count). The zero-order valence-electron chi connectivity index (χ0n) is 19.1. The van der Waals surface area contributed by atoms with Gasteiger partial charge in [-0.3, -0.25) is 4.79 Å². The molecule has 2 aromatic carbocycles. The van der Waals surface area contributed by atoms with E-state index in [4.69, 9.17) is 10.1 Å². The van der Waals surface area contributed by atoms with Gasteiger partial charge in [-0.05, 0) is 51.8 Å². The van der Waals surface area contributed by atoms with E-state index in [9.17, 15) is 4.79 Å². The molecule has 1 fully saturated rings. The smallest absolute Gasteiger partial charge is 0.282 e. The topological polar surface area (TPSA) is 52.2 Å². The normalized spacial score (nSPS) is 15.5. The van der Waals surface area contributed by atoms with Gasteiger partial charge in [-0.1, -0.05) is 49.6 Å². The molecular weight excluding hydrogens is 396 g/mol. The molecule has 0 radical (unpaired) electrons. The molecule has 1 saturated carbocycles. The summed E-state index contributed by atoms with van der Waals surface area (Å²) in [7, 11) is 0. The lowest BCUT2D eigenvalue weighted by atomic mass is 9.88. The predicted molar refractivity (Wildman–Crippen MR) is 132 cm³/mol. The monoisotopic (exact) mass is 426 g/mol. The Morgan fingerprint density at radius 2 is 1.69 bits per heavy atom. The van der Waals surface area contributed by atoms with Crippen LogP contribution in [0, 0.1) is 6.92 Å². The third-order valence-corrected chi connectivity index (χ3v) is 6.77. The lowest BCUT2D eigenvalue weighted by molar-refractivity contribution is 0.416. The van der Waals surface area contributed by atoms with Gasteiger partial charge in [0.15, 0.2) is 0 Å². The van der Waals surface area contributed by atoms with Crippen LogP contribution >= 0.6 is 0 Å². The molecule has 0 spiro atoms. The third kappa shape index (κ3) is 3.46. The SMILES string of the molecule is Cc1c(C=Nn2c(C3CCCCC3)nc3ccccc3c2=O)c2ccccc2n1C(C)C. The van der Waals surface area contributed by atoms with Crippen LogP contribution in [-0.2, 0) is 0 Å². The molecule has 4 aromatic rings. The summed E-state index contributed by atoms with van der Waals surface area (Å²) in [6.45, 7) is 6.52. The maximum atomic E-state index is 13.5. The predicted octanol–water partition coefficient (Wildman–Crippen LogP) is 6.17. The Labute approximate surface area is 188 Å². The van der Waals surface area contributed by atoms with Crippen LogP contribution in [0.4, 0.5) is 0 Å². The minimum atomic E-state index is -0.0855. The number of benzene rings is 2. The lowest BCUT2D eigenvalue weighted by Crippen LogP contribution is -2.25. The van der Waals surface area contributed by atoms with Crippen LogP contribution in [0.5, 0.6) is 0 Å². The van der Waals surface area contributed by atoms with E-state index in [1.54, 1.807) is 4.68 Å². The molecule has 0 unspecified atom stereocenters. The van der Waals surface area contributed by atoms with E-state index in [0.29, 0.717) is 11.4 Å². The average Bonchev–Trinajstić information content (AvgIpc) is 3.10. The molecule has 1 aliphatic rings. The summed E-state index contributed by atoms with van der Waals surface area (Å²) in [5.41, 5.74) is 4.09. The molecule has 0 N–H and O–H groups in total. The second-order valence-corrected chi connectivity index (χ2v) is 9.16. The summed E-state index contributed by atoms with van der Waals surface area (Å²) in [5.74, 6) is 1.08. The highest BCUT2D eigenvalue weighted by atomic mass is 16.1. The molecule has 0 bridgehead atoms. The fourth-order valence-electron chi connectivity index (χ4n) is 5.24. The van der Waals surface area contributed by atoms with Gasteiger partial charge < -0.3 is 4.57 Å². The van der Waals surface area contributed by atoms with Crippen LogP contribution in [-0.4, -0.2) is 20.4 Å². The van der Waals surface area contributed by atoms with E-state index in [-0.39, 0.29) is 11.5 Å². The minimum absolute atomic E-state index is 0.0855. The first-order valence-corrected chi connectivity index (χ1v) is 11.7. The van der Waals surface area contributed by atoms with E-state index >= 15 is 0 Å². The van der Waals surface area contributed by atoms with Crippen LogP contribution in [0.15, 0.2) is 58.4 Å². The summed E-state index contributed by atoms with van der Waals surface area (Å²) in [5, 5.41) is 6.56.